The van der Waals surface area contributed by atoms with Gasteiger partial charge in [0, 0.05) is 6.20 Å². The van der Waals surface area contributed by atoms with E-state index in [0.717, 1.165) is 5.52 Å². The van der Waals surface area contributed by atoms with Gasteiger partial charge in [-0.25, -0.2) is 9.78 Å². The molecule has 0 unspecified atom stereocenters. The summed E-state index contributed by atoms with van der Waals surface area (Å²) in [6.45, 7) is 1.69. The van der Waals surface area contributed by atoms with Crippen molar-refractivity contribution in [2.24, 2.45) is 5.73 Å². The molecule has 1 atom stereocenters. The summed E-state index contributed by atoms with van der Waals surface area (Å²) in [7, 11) is 0. The van der Waals surface area contributed by atoms with Crippen LogP contribution in [-0.2, 0) is 4.79 Å². The quantitative estimate of drug-likeness (QED) is 0.810. The molecule has 0 bridgehead atoms. The second-order valence-corrected chi connectivity index (χ2v) is 4.96. The first kappa shape index (κ1) is 12.4. The van der Waals surface area contributed by atoms with Crippen molar-refractivity contribution in [3.63, 3.8) is 0 Å². The molecule has 3 amide bonds. The van der Waals surface area contributed by atoms with Crippen LogP contribution in [0.1, 0.15) is 6.92 Å². The third-order valence-electron chi connectivity index (χ3n) is 2.30. The van der Waals surface area contributed by atoms with E-state index in [1.807, 2.05) is 34.1 Å². The zero-order valence-corrected chi connectivity index (χ0v) is 10.5. The molecule has 0 radical (unpaired) electrons. The largest absolute Gasteiger partial charge is 0.351 e. The summed E-state index contributed by atoms with van der Waals surface area (Å²) in [5, 5.41) is 2.28. The first-order valence-electron chi connectivity index (χ1n) is 5.27. The lowest BCUT2D eigenvalue weighted by Crippen LogP contribution is -2.39. The highest BCUT2D eigenvalue weighted by atomic mass is 32.2. The predicted octanol–water partition coefficient (Wildman–Crippen LogP) is 1.01. The highest BCUT2D eigenvalue weighted by molar-refractivity contribution is 8.00. The number of hydrogen-bond donors (Lipinski definition) is 2. The summed E-state index contributed by atoms with van der Waals surface area (Å²) >= 11 is 1.26. The Bertz CT molecular complexity index is 595. The zero-order chi connectivity index (χ0) is 13.1. The average molecular weight is 264 g/mol. The van der Waals surface area contributed by atoms with Crippen molar-refractivity contribution >= 4 is 29.2 Å². The fourth-order valence-corrected chi connectivity index (χ4v) is 2.32. The van der Waals surface area contributed by atoms with Gasteiger partial charge in [-0.2, -0.15) is 0 Å². The number of fused-ring (bicyclic) bond motifs is 1. The molecule has 0 saturated heterocycles. The number of hydrogen-bond acceptors (Lipinski definition) is 4. The molecule has 0 fully saturated rings. The predicted molar refractivity (Wildman–Crippen MR) is 68.2 cm³/mol. The lowest BCUT2D eigenvalue weighted by molar-refractivity contribution is -0.119. The number of urea groups is 1. The van der Waals surface area contributed by atoms with Crippen LogP contribution >= 0.6 is 11.8 Å². The Morgan fingerprint density at radius 2 is 2.28 bits per heavy atom. The minimum Gasteiger partial charge on any atom is -0.351 e. The number of imide groups is 1. The second kappa shape index (κ2) is 5.09. The van der Waals surface area contributed by atoms with Gasteiger partial charge in [-0.3, -0.25) is 14.5 Å². The Labute approximate surface area is 108 Å². The molecular weight excluding hydrogens is 252 g/mol. The van der Waals surface area contributed by atoms with Crippen molar-refractivity contribution in [1.29, 1.82) is 0 Å². The molecule has 0 aromatic carbocycles. The van der Waals surface area contributed by atoms with Crippen LogP contribution < -0.4 is 11.1 Å². The third kappa shape index (κ3) is 2.62. The van der Waals surface area contributed by atoms with E-state index in [1.54, 1.807) is 13.1 Å². The van der Waals surface area contributed by atoms with Crippen molar-refractivity contribution in [2.45, 2.75) is 17.3 Å². The van der Waals surface area contributed by atoms with E-state index < -0.39 is 17.2 Å². The molecule has 7 heteroatoms. The van der Waals surface area contributed by atoms with Gasteiger partial charge in [0.1, 0.15) is 0 Å². The van der Waals surface area contributed by atoms with Gasteiger partial charge in [-0.05, 0) is 19.1 Å². The molecule has 0 aliphatic carbocycles. The van der Waals surface area contributed by atoms with Crippen LogP contribution in [0.5, 0.6) is 0 Å². The van der Waals surface area contributed by atoms with Gasteiger partial charge in [-0.1, -0.05) is 17.8 Å². The Hall–Kier alpha value is -2.02. The van der Waals surface area contributed by atoms with E-state index in [-0.39, 0.29) is 0 Å². The number of nitrogens with two attached hydrogens (primary N) is 1. The van der Waals surface area contributed by atoms with Gasteiger partial charge in [0.15, 0.2) is 5.16 Å². The van der Waals surface area contributed by atoms with E-state index >= 15 is 0 Å². The summed E-state index contributed by atoms with van der Waals surface area (Å²) in [5.41, 5.74) is 5.84. The fourth-order valence-electron chi connectivity index (χ4n) is 1.44. The number of carbonyl (C=O) groups excluding carboxylic acids is 2. The molecule has 2 aromatic rings. The van der Waals surface area contributed by atoms with Crippen LogP contribution in [-0.4, -0.2) is 26.6 Å². The number of rotatable bonds is 3. The Morgan fingerprint density at radius 3 is 3.00 bits per heavy atom. The van der Waals surface area contributed by atoms with Crippen LogP contribution in [0.3, 0.4) is 0 Å². The average Bonchev–Trinajstić information content (AvgIpc) is 2.72. The molecule has 2 heterocycles. The number of carbonyl (C=O) groups is 2. The smallest absolute Gasteiger partial charge is 0.318 e. The van der Waals surface area contributed by atoms with Crippen LogP contribution in [0.4, 0.5) is 4.79 Å². The van der Waals surface area contributed by atoms with Gasteiger partial charge < -0.3 is 5.73 Å². The first-order valence-corrected chi connectivity index (χ1v) is 6.15. The molecule has 18 heavy (non-hydrogen) atoms. The zero-order valence-electron chi connectivity index (χ0n) is 9.66. The molecule has 2 aromatic heterocycles. The van der Waals surface area contributed by atoms with Gasteiger partial charge >= 0.3 is 6.03 Å². The number of nitrogens with zero attached hydrogens (tertiary/aromatic N) is 2. The van der Waals surface area contributed by atoms with E-state index in [1.165, 1.54) is 11.8 Å². The number of amides is 3. The number of thioether (sulfide) groups is 1. The minimum absolute atomic E-state index is 0.430. The summed E-state index contributed by atoms with van der Waals surface area (Å²) in [5.74, 6) is -0.430. The maximum Gasteiger partial charge on any atom is 0.318 e. The molecule has 0 aliphatic rings. The topological polar surface area (TPSA) is 89.5 Å². The Morgan fingerprint density at radius 1 is 1.50 bits per heavy atom. The Balaban J connectivity index is 2.14. The van der Waals surface area contributed by atoms with E-state index in [4.69, 9.17) is 5.73 Å². The van der Waals surface area contributed by atoms with Crippen molar-refractivity contribution in [3.05, 3.63) is 30.6 Å². The SMILES string of the molecule is C[C@@H](Sc1ncc2ccccn12)C(=O)NC(N)=O. The Kier molecular flexibility index (Phi) is 3.52. The molecule has 6 nitrogen and oxygen atoms in total. The lowest BCUT2D eigenvalue weighted by atomic mass is 10.4. The molecule has 3 N–H and O–H groups in total. The standard InChI is InChI=1S/C11H12N4O2S/c1-7(9(16)14-10(12)17)18-11-13-6-8-4-2-3-5-15(8)11/h2-7H,1H3,(H3,12,14,16,17)/t7-/m1/s1. The molecule has 0 aliphatic heterocycles. The van der Waals surface area contributed by atoms with Crippen LogP contribution in [0.2, 0.25) is 0 Å². The molecule has 2 rings (SSSR count). The van der Waals surface area contributed by atoms with Gasteiger partial charge in [-0.15, -0.1) is 0 Å². The van der Waals surface area contributed by atoms with E-state index in [2.05, 4.69) is 4.98 Å². The number of aromatic nitrogens is 2. The number of nitrogens with one attached hydrogen (secondary N) is 1. The lowest BCUT2D eigenvalue weighted by Gasteiger charge is -2.08. The maximum absolute atomic E-state index is 11.5. The van der Waals surface area contributed by atoms with Crippen molar-refractivity contribution in [2.75, 3.05) is 0 Å². The first-order chi connectivity index (χ1) is 8.58. The number of imidazole rings is 1. The summed E-state index contributed by atoms with van der Waals surface area (Å²) < 4.78 is 1.87. The highest BCUT2D eigenvalue weighted by Gasteiger charge is 2.18. The second-order valence-electron chi connectivity index (χ2n) is 3.65. The third-order valence-corrected chi connectivity index (χ3v) is 3.38. The molecule has 0 spiro atoms. The van der Waals surface area contributed by atoms with Crippen molar-refractivity contribution < 1.29 is 9.59 Å². The summed E-state index contributed by atoms with van der Waals surface area (Å²) in [6.07, 6.45) is 3.59. The number of primary amides is 1. The molecule has 94 valence electrons. The van der Waals surface area contributed by atoms with Gasteiger partial charge in [0.25, 0.3) is 0 Å². The normalized spacial score (nSPS) is 12.3. The van der Waals surface area contributed by atoms with Crippen molar-refractivity contribution in [3.8, 4) is 0 Å². The van der Waals surface area contributed by atoms with E-state index in [9.17, 15) is 9.59 Å². The van der Waals surface area contributed by atoms with Crippen molar-refractivity contribution in [1.82, 2.24) is 14.7 Å². The van der Waals surface area contributed by atoms with Gasteiger partial charge in [0.05, 0.1) is 17.0 Å². The summed E-state index contributed by atoms with van der Waals surface area (Å²) in [6, 6.07) is 4.87. The van der Waals surface area contributed by atoms with Crippen LogP contribution in [0, 0.1) is 0 Å². The minimum atomic E-state index is -0.847. The monoisotopic (exact) mass is 264 g/mol. The van der Waals surface area contributed by atoms with Gasteiger partial charge in [0.2, 0.25) is 5.91 Å². The van der Waals surface area contributed by atoms with Crippen LogP contribution in [0.15, 0.2) is 35.7 Å². The van der Waals surface area contributed by atoms with Crippen LogP contribution in [0.25, 0.3) is 5.52 Å². The fraction of sp³-hybridized carbons (Fsp3) is 0.182. The number of pyridine rings is 1. The highest BCUT2D eigenvalue weighted by Crippen LogP contribution is 2.22. The summed E-state index contributed by atoms with van der Waals surface area (Å²) in [4.78, 5) is 26.4. The molecule has 0 saturated carbocycles. The molecular formula is C11H12N4O2S. The maximum atomic E-state index is 11.5. The van der Waals surface area contributed by atoms with E-state index in [0.29, 0.717) is 5.16 Å².